The molecule has 3 aliphatic carbocycles. The zero-order chi connectivity index (χ0) is 22.9. The number of nitrogens with zero attached hydrogens (tertiary/aromatic N) is 1. The number of fused-ring (bicyclic) bond motifs is 1. The van der Waals surface area contributed by atoms with Crippen molar-refractivity contribution in [3.05, 3.63) is 23.3 Å². The van der Waals surface area contributed by atoms with Crippen LogP contribution in [0.2, 0.25) is 0 Å². The third kappa shape index (κ3) is 4.64. The van der Waals surface area contributed by atoms with E-state index in [0.29, 0.717) is 11.8 Å². The zero-order valence-electron chi connectivity index (χ0n) is 21.2. The van der Waals surface area contributed by atoms with Crippen molar-refractivity contribution in [2.75, 3.05) is 0 Å². The zero-order valence-corrected chi connectivity index (χ0v) is 21.2. The van der Waals surface area contributed by atoms with Crippen LogP contribution in [0.4, 0.5) is 0 Å². The molecule has 0 saturated heterocycles. The molecule has 5 atom stereocenters. The van der Waals surface area contributed by atoms with E-state index in [-0.39, 0.29) is 11.4 Å². The summed E-state index contributed by atoms with van der Waals surface area (Å²) in [5, 5.41) is 4.26. The monoisotopic (exact) mass is 439 g/mol. The normalized spacial score (nSPS) is 36.9. The third-order valence-corrected chi connectivity index (χ3v) is 9.36. The lowest BCUT2D eigenvalue weighted by atomic mass is 9.60. The molecule has 0 bridgehead atoms. The summed E-state index contributed by atoms with van der Waals surface area (Å²) in [5.74, 6) is 3.49. The summed E-state index contributed by atoms with van der Waals surface area (Å²) >= 11 is 0. The molecule has 3 heteroatoms. The fourth-order valence-corrected chi connectivity index (χ4v) is 7.63. The number of rotatable bonds is 7. The van der Waals surface area contributed by atoms with Crippen molar-refractivity contribution < 1.29 is 9.63 Å². The van der Waals surface area contributed by atoms with Gasteiger partial charge in [0.25, 0.3) is 0 Å². The molecule has 0 aromatic carbocycles. The predicted molar refractivity (Wildman–Crippen MR) is 133 cm³/mol. The van der Waals surface area contributed by atoms with E-state index in [1.807, 2.05) is 13.0 Å². The highest BCUT2D eigenvalue weighted by Crippen LogP contribution is 2.60. The van der Waals surface area contributed by atoms with E-state index >= 15 is 0 Å². The first-order chi connectivity index (χ1) is 15.2. The van der Waals surface area contributed by atoms with Gasteiger partial charge in [0.1, 0.15) is 0 Å². The molecular weight excluding hydrogens is 394 g/mol. The van der Waals surface area contributed by atoms with Crippen LogP contribution >= 0.6 is 0 Å². The smallest absolute Gasteiger partial charge is 0.165 e. The van der Waals surface area contributed by atoms with Gasteiger partial charge in [-0.2, -0.15) is 0 Å². The molecule has 4 rings (SSSR count). The van der Waals surface area contributed by atoms with Crippen LogP contribution in [0.25, 0.3) is 0 Å². The van der Waals surface area contributed by atoms with Crippen LogP contribution in [0.5, 0.6) is 0 Å². The maximum atomic E-state index is 12.2. The van der Waals surface area contributed by atoms with Crippen LogP contribution in [-0.2, 0) is 9.63 Å². The lowest BCUT2D eigenvalue weighted by Crippen LogP contribution is -2.37. The Labute approximate surface area is 196 Å². The van der Waals surface area contributed by atoms with Crippen LogP contribution in [0.1, 0.15) is 112 Å². The summed E-state index contributed by atoms with van der Waals surface area (Å²) in [7, 11) is 0. The Morgan fingerprint density at radius 2 is 2.00 bits per heavy atom. The van der Waals surface area contributed by atoms with Crippen molar-refractivity contribution in [2.24, 2.45) is 34.2 Å². The van der Waals surface area contributed by atoms with Gasteiger partial charge >= 0.3 is 0 Å². The van der Waals surface area contributed by atoms with Crippen LogP contribution in [0.3, 0.4) is 0 Å². The van der Waals surface area contributed by atoms with E-state index in [0.717, 1.165) is 54.2 Å². The Bertz CT molecular complexity index is 806. The standard InChI is InChI=1S/C29H45NO2/c1-20(2)8-6-9-21(3)26-13-14-27-23(10-7-16-28(26,27)5)11-12-24-18-25(31)15-17-29(24)19-22(4)30-32-29/h11,18,20-21,26-27H,6-10,12-17,19H2,1-5H3/b23-11+/t21-,26-,27+,28-,29-/m1/s1. The van der Waals surface area contributed by atoms with E-state index in [1.54, 1.807) is 5.57 Å². The molecule has 32 heavy (non-hydrogen) atoms. The third-order valence-electron chi connectivity index (χ3n) is 9.36. The van der Waals surface area contributed by atoms with Crippen LogP contribution in [0, 0.1) is 29.1 Å². The highest BCUT2D eigenvalue weighted by Gasteiger charge is 2.50. The number of carbonyl (C=O) groups is 1. The average molecular weight is 440 g/mol. The van der Waals surface area contributed by atoms with E-state index < -0.39 is 0 Å². The maximum Gasteiger partial charge on any atom is 0.165 e. The van der Waals surface area contributed by atoms with Gasteiger partial charge in [-0.05, 0) is 86.2 Å². The molecule has 2 fully saturated rings. The Morgan fingerprint density at radius 3 is 2.72 bits per heavy atom. The average Bonchev–Trinajstić information content (AvgIpc) is 3.29. The van der Waals surface area contributed by atoms with Crippen molar-refractivity contribution >= 4 is 11.5 Å². The first-order valence-electron chi connectivity index (χ1n) is 13.4. The molecule has 0 aromatic rings. The quantitative estimate of drug-likeness (QED) is 0.379. The largest absolute Gasteiger partial charge is 0.384 e. The van der Waals surface area contributed by atoms with Gasteiger partial charge < -0.3 is 4.84 Å². The SMILES string of the molecule is CC1=NO[C@]2(CCC(=O)C=C2C/C=C2\CCC[C@]3(C)[C@@H]([C@H](C)CCCC(C)C)CC[C@@H]23)C1. The molecule has 0 aromatic heterocycles. The minimum absolute atomic E-state index is 0.252. The van der Waals surface area contributed by atoms with Gasteiger partial charge in [-0.15, -0.1) is 0 Å². The molecule has 0 amide bonds. The molecule has 0 radical (unpaired) electrons. The molecular formula is C29H45NO2. The fourth-order valence-electron chi connectivity index (χ4n) is 7.63. The van der Waals surface area contributed by atoms with Gasteiger partial charge in [-0.1, -0.05) is 63.8 Å². The molecule has 1 heterocycles. The van der Waals surface area contributed by atoms with Crippen LogP contribution in [-0.4, -0.2) is 17.1 Å². The van der Waals surface area contributed by atoms with E-state index in [2.05, 4.69) is 38.9 Å². The topological polar surface area (TPSA) is 38.7 Å². The predicted octanol–water partition coefficient (Wildman–Crippen LogP) is 7.81. The fraction of sp³-hybridized carbons (Fsp3) is 0.793. The molecule has 4 aliphatic rings. The molecule has 2 saturated carbocycles. The number of ketones is 1. The Balaban J connectivity index is 1.46. The van der Waals surface area contributed by atoms with Crippen LogP contribution < -0.4 is 0 Å². The summed E-state index contributed by atoms with van der Waals surface area (Å²) in [6, 6.07) is 0. The Hall–Kier alpha value is -1.38. The van der Waals surface area contributed by atoms with E-state index in [1.165, 1.54) is 51.4 Å². The van der Waals surface area contributed by atoms with Crippen molar-refractivity contribution in [3.63, 3.8) is 0 Å². The van der Waals surface area contributed by atoms with Gasteiger partial charge in [0.15, 0.2) is 11.4 Å². The Morgan fingerprint density at radius 1 is 1.19 bits per heavy atom. The van der Waals surface area contributed by atoms with Gasteiger partial charge in [-0.3, -0.25) is 4.79 Å². The van der Waals surface area contributed by atoms with Crippen molar-refractivity contribution in [2.45, 2.75) is 117 Å². The number of oxime groups is 1. The number of hydrogen-bond acceptors (Lipinski definition) is 3. The summed E-state index contributed by atoms with van der Waals surface area (Å²) in [6.45, 7) is 11.9. The molecule has 1 spiro atoms. The van der Waals surface area contributed by atoms with E-state index in [4.69, 9.17) is 4.84 Å². The second kappa shape index (κ2) is 9.47. The highest BCUT2D eigenvalue weighted by molar-refractivity contribution is 5.93. The molecule has 3 nitrogen and oxygen atoms in total. The molecule has 0 unspecified atom stereocenters. The summed E-state index contributed by atoms with van der Waals surface area (Å²) in [4.78, 5) is 18.2. The van der Waals surface area contributed by atoms with Crippen molar-refractivity contribution in [3.8, 4) is 0 Å². The number of hydrogen-bond donors (Lipinski definition) is 0. The molecule has 1 aliphatic heterocycles. The summed E-state index contributed by atoms with van der Waals surface area (Å²) in [6.07, 6.45) is 18.2. The van der Waals surface area contributed by atoms with Gasteiger partial charge in [0, 0.05) is 19.3 Å². The van der Waals surface area contributed by atoms with E-state index in [9.17, 15) is 4.79 Å². The summed E-state index contributed by atoms with van der Waals surface area (Å²) < 4.78 is 0. The van der Waals surface area contributed by atoms with Gasteiger partial charge in [-0.25, -0.2) is 0 Å². The second-order valence-corrected chi connectivity index (χ2v) is 12.1. The lowest BCUT2D eigenvalue weighted by molar-refractivity contribution is -0.117. The first-order valence-corrected chi connectivity index (χ1v) is 13.4. The minimum atomic E-state index is -0.351. The second-order valence-electron chi connectivity index (χ2n) is 12.1. The van der Waals surface area contributed by atoms with Gasteiger partial charge in [0.2, 0.25) is 0 Å². The molecule has 0 N–H and O–H groups in total. The first kappa shape index (κ1) is 23.8. The summed E-state index contributed by atoms with van der Waals surface area (Å²) in [5.41, 5.74) is 3.98. The van der Waals surface area contributed by atoms with Crippen LogP contribution in [0.15, 0.2) is 28.5 Å². The van der Waals surface area contributed by atoms with Gasteiger partial charge in [0.05, 0.1) is 5.71 Å². The molecule has 178 valence electrons. The minimum Gasteiger partial charge on any atom is -0.384 e. The van der Waals surface area contributed by atoms with Crippen molar-refractivity contribution in [1.29, 1.82) is 0 Å². The highest BCUT2D eigenvalue weighted by atomic mass is 16.7. The lowest BCUT2D eigenvalue weighted by Gasteiger charge is -2.44. The number of allylic oxidation sites excluding steroid dienone is 3. The number of carbonyl (C=O) groups excluding carboxylic acids is 1. The Kier molecular flexibility index (Phi) is 7.03. The van der Waals surface area contributed by atoms with Crippen molar-refractivity contribution in [1.82, 2.24) is 0 Å². The maximum absolute atomic E-state index is 12.2.